The average Bonchev–Trinajstić information content (AvgIpc) is 2.01. The van der Waals surface area contributed by atoms with E-state index in [-0.39, 0.29) is 6.61 Å². The third kappa shape index (κ3) is 3.89. The Hall–Kier alpha value is -0.330. The molecule has 4 nitrogen and oxygen atoms in total. The van der Waals surface area contributed by atoms with Crippen LogP contribution in [-0.2, 0) is 19.0 Å². The molecule has 6 heteroatoms. The zero-order valence-corrected chi connectivity index (χ0v) is 7.94. The number of carbonyl (C=O) groups excluding carboxylic acids is 1. The Morgan fingerprint density at radius 3 is 2.58 bits per heavy atom. The maximum absolute atomic E-state index is 11.1. The standard InChI is InChI=1S/C6H11FO4S/c1-4-9-5(8)6(2,3)12-11-10-7/h4H2,1-3H3. The molecule has 0 saturated carbocycles. The van der Waals surface area contributed by atoms with Crippen molar-refractivity contribution in [3.63, 3.8) is 0 Å². The maximum atomic E-state index is 11.1. The normalized spacial score (nSPS) is 11.3. The molecule has 12 heavy (non-hydrogen) atoms. The molecule has 0 aliphatic rings. The van der Waals surface area contributed by atoms with E-state index in [1.165, 1.54) is 13.8 Å². The van der Waals surface area contributed by atoms with Crippen molar-refractivity contribution in [2.75, 3.05) is 6.61 Å². The highest BCUT2D eigenvalue weighted by atomic mass is 32.2. The quantitative estimate of drug-likeness (QED) is 0.292. The van der Waals surface area contributed by atoms with Crippen LogP contribution in [0.4, 0.5) is 4.53 Å². The first-order valence-corrected chi connectivity index (χ1v) is 4.09. The van der Waals surface area contributed by atoms with Gasteiger partial charge in [-0.05, 0) is 30.4 Å². The van der Waals surface area contributed by atoms with Crippen LogP contribution >= 0.6 is 12.0 Å². The molecular weight excluding hydrogens is 187 g/mol. The van der Waals surface area contributed by atoms with Crippen LogP contribution in [0.15, 0.2) is 0 Å². The van der Waals surface area contributed by atoms with Crippen molar-refractivity contribution < 1.29 is 23.5 Å². The average molecular weight is 198 g/mol. The minimum atomic E-state index is -0.970. The second-order valence-electron chi connectivity index (χ2n) is 2.45. The molecule has 0 saturated heterocycles. The molecule has 0 aromatic heterocycles. The smallest absolute Gasteiger partial charge is 0.324 e. The van der Waals surface area contributed by atoms with Crippen LogP contribution in [-0.4, -0.2) is 17.3 Å². The van der Waals surface area contributed by atoms with Gasteiger partial charge in [0, 0.05) is 0 Å². The fraction of sp³-hybridized carbons (Fsp3) is 0.833. The van der Waals surface area contributed by atoms with Gasteiger partial charge in [-0.2, -0.15) is 0 Å². The van der Waals surface area contributed by atoms with Gasteiger partial charge in [0.1, 0.15) is 4.75 Å². The van der Waals surface area contributed by atoms with Crippen LogP contribution in [0, 0.1) is 0 Å². The third-order valence-corrected chi connectivity index (χ3v) is 1.74. The maximum Gasteiger partial charge on any atom is 0.324 e. The summed E-state index contributed by atoms with van der Waals surface area (Å²) in [6.07, 6.45) is 0. The van der Waals surface area contributed by atoms with E-state index in [1.54, 1.807) is 6.92 Å². The van der Waals surface area contributed by atoms with E-state index in [9.17, 15) is 9.32 Å². The molecule has 0 rings (SSSR count). The number of carbonyl (C=O) groups is 1. The molecule has 0 unspecified atom stereocenters. The van der Waals surface area contributed by atoms with Gasteiger partial charge in [0.05, 0.1) is 18.6 Å². The summed E-state index contributed by atoms with van der Waals surface area (Å²) in [6, 6.07) is 0. The molecule has 0 atom stereocenters. The second kappa shape index (κ2) is 5.34. The fourth-order valence-corrected chi connectivity index (χ4v) is 0.760. The van der Waals surface area contributed by atoms with Gasteiger partial charge in [-0.1, -0.05) is 0 Å². The second-order valence-corrected chi connectivity index (χ2v) is 3.77. The van der Waals surface area contributed by atoms with E-state index in [4.69, 9.17) is 0 Å². The van der Waals surface area contributed by atoms with Crippen molar-refractivity contribution in [2.24, 2.45) is 0 Å². The Morgan fingerprint density at radius 1 is 1.58 bits per heavy atom. The summed E-state index contributed by atoms with van der Waals surface area (Å²) in [6.45, 7) is 5.04. The van der Waals surface area contributed by atoms with E-state index >= 15 is 0 Å². The first-order valence-electron chi connectivity index (χ1n) is 3.35. The number of hydrogen-bond acceptors (Lipinski definition) is 5. The van der Waals surface area contributed by atoms with E-state index in [0.29, 0.717) is 12.0 Å². The number of halogens is 1. The first-order chi connectivity index (χ1) is 5.54. The van der Waals surface area contributed by atoms with Gasteiger partial charge in [0.15, 0.2) is 0 Å². The lowest BCUT2D eigenvalue weighted by Crippen LogP contribution is -2.30. The van der Waals surface area contributed by atoms with E-state index in [0.717, 1.165) is 0 Å². The summed E-state index contributed by atoms with van der Waals surface area (Å²) in [5.41, 5.74) is 0. The largest absolute Gasteiger partial charge is 0.465 e. The molecule has 0 spiro atoms. The minimum absolute atomic E-state index is 0.277. The summed E-state index contributed by atoms with van der Waals surface area (Å²) in [7, 11) is 0. The van der Waals surface area contributed by atoms with Crippen LogP contribution < -0.4 is 0 Å². The first kappa shape index (κ1) is 11.7. The Labute approximate surface area is 74.4 Å². The van der Waals surface area contributed by atoms with Crippen LogP contribution in [0.25, 0.3) is 0 Å². The molecule has 0 radical (unpaired) electrons. The minimum Gasteiger partial charge on any atom is -0.465 e. The van der Waals surface area contributed by atoms with Crippen LogP contribution in [0.1, 0.15) is 20.8 Å². The van der Waals surface area contributed by atoms with Crippen LogP contribution in [0.3, 0.4) is 0 Å². The van der Waals surface area contributed by atoms with Crippen LogP contribution in [0.2, 0.25) is 0 Å². The number of rotatable bonds is 5. The lowest BCUT2D eigenvalue weighted by molar-refractivity contribution is -0.359. The zero-order chi connectivity index (χ0) is 9.61. The Morgan fingerprint density at radius 2 is 2.17 bits per heavy atom. The third-order valence-electron chi connectivity index (χ3n) is 1.04. The zero-order valence-electron chi connectivity index (χ0n) is 7.13. The molecule has 0 amide bonds. The van der Waals surface area contributed by atoms with E-state index in [1.807, 2.05) is 0 Å². The van der Waals surface area contributed by atoms with Crippen molar-refractivity contribution >= 4 is 18.0 Å². The molecule has 0 fully saturated rings. The number of esters is 1. The van der Waals surface area contributed by atoms with Gasteiger partial charge in [0.25, 0.3) is 0 Å². The topological polar surface area (TPSA) is 44.8 Å². The van der Waals surface area contributed by atoms with Gasteiger partial charge in [0.2, 0.25) is 0 Å². The monoisotopic (exact) mass is 198 g/mol. The fourth-order valence-electron chi connectivity index (χ4n) is 0.437. The highest BCUT2D eigenvalue weighted by Gasteiger charge is 2.32. The summed E-state index contributed by atoms with van der Waals surface area (Å²) < 4.78 is 18.7. The predicted octanol–water partition coefficient (Wildman–Crippen LogP) is 1.81. The molecule has 0 aliphatic carbocycles. The lowest BCUT2D eigenvalue weighted by atomic mass is 10.2. The Kier molecular flexibility index (Phi) is 5.19. The van der Waals surface area contributed by atoms with E-state index in [2.05, 4.69) is 14.2 Å². The summed E-state index contributed by atoms with van der Waals surface area (Å²) >= 11 is 0.555. The summed E-state index contributed by atoms with van der Waals surface area (Å²) in [5, 5.41) is 2.86. The van der Waals surface area contributed by atoms with Crippen molar-refractivity contribution in [1.82, 2.24) is 0 Å². The molecule has 0 bridgehead atoms. The van der Waals surface area contributed by atoms with Gasteiger partial charge in [-0.3, -0.25) is 4.79 Å². The molecule has 0 aromatic carbocycles. The summed E-state index contributed by atoms with van der Waals surface area (Å²) in [4.78, 5) is 11.1. The number of ether oxygens (including phenoxy) is 1. The Balaban J connectivity index is 3.90. The van der Waals surface area contributed by atoms with Crippen molar-refractivity contribution in [3.05, 3.63) is 0 Å². The lowest BCUT2D eigenvalue weighted by Gasteiger charge is -2.17. The van der Waals surface area contributed by atoms with Crippen molar-refractivity contribution in [3.8, 4) is 0 Å². The molecule has 72 valence electrons. The van der Waals surface area contributed by atoms with Crippen molar-refractivity contribution in [1.29, 1.82) is 0 Å². The van der Waals surface area contributed by atoms with Crippen LogP contribution in [0.5, 0.6) is 0 Å². The SMILES string of the molecule is CCOC(=O)C(C)(C)SOOF. The molecule has 0 heterocycles. The highest BCUT2D eigenvalue weighted by molar-refractivity contribution is 7.96. The van der Waals surface area contributed by atoms with Gasteiger partial charge < -0.3 is 4.74 Å². The van der Waals surface area contributed by atoms with E-state index < -0.39 is 10.7 Å². The molecule has 0 aromatic rings. The molecular formula is C6H11FO4S. The number of hydrogen-bond donors (Lipinski definition) is 0. The molecule has 0 aliphatic heterocycles. The predicted molar refractivity (Wildman–Crippen MR) is 41.6 cm³/mol. The Bertz CT molecular complexity index is 150. The van der Waals surface area contributed by atoms with Gasteiger partial charge >= 0.3 is 5.97 Å². The van der Waals surface area contributed by atoms with Gasteiger partial charge in [-0.15, -0.1) is 4.33 Å². The van der Waals surface area contributed by atoms with Gasteiger partial charge in [-0.25, -0.2) is 0 Å². The molecule has 0 N–H and O–H groups in total. The highest BCUT2D eigenvalue weighted by Crippen LogP contribution is 2.26. The summed E-state index contributed by atoms with van der Waals surface area (Å²) in [5.74, 6) is -0.480. The van der Waals surface area contributed by atoms with Crippen molar-refractivity contribution in [2.45, 2.75) is 25.5 Å².